The molecule has 25 heavy (non-hydrogen) atoms. The predicted molar refractivity (Wildman–Crippen MR) is 89.3 cm³/mol. The summed E-state index contributed by atoms with van der Waals surface area (Å²) in [5.41, 5.74) is 0.870. The Balaban J connectivity index is 2.01. The van der Waals surface area contributed by atoms with Crippen molar-refractivity contribution < 1.29 is 29.0 Å². The van der Waals surface area contributed by atoms with Crippen LogP contribution in [0, 0.1) is 0 Å². The van der Waals surface area contributed by atoms with Crippen molar-refractivity contribution in [1.82, 2.24) is 0 Å². The summed E-state index contributed by atoms with van der Waals surface area (Å²) in [7, 11) is 0. The molecule has 6 heteroatoms. The van der Waals surface area contributed by atoms with Gasteiger partial charge in [-0.3, -0.25) is 9.59 Å². The maximum absolute atomic E-state index is 12.6. The van der Waals surface area contributed by atoms with E-state index < -0.39 is 11.9 Å². The normalized spacial score (nSPS) is 10.1. The Labute approximate surface area is 145 Å². The predicted octanol–water partition coefficient (Wildman–Crippen LogP) is 2.00. The number of hydrogen-bond acceptors (Lipinski definition) is 6. The third kappa shape index (κ3) is 5.26. The molecule has 2 rings (SSSR count). The standard InChI is InChI=1S/C19H18O6/c20-11-10-17(21)24-12-13-25-19(23)16-9-5-4-8-15(16)18(22)14-6-2-1-3-7-14/h1-9,20H,10-13H2. The van der Waals surface area contributed by atoms with E-state index in [2.05, 4.69) is 0 Å². The number of rotatable bonds is 8. The van der Waals surface area contributed by atoms with Gasteiger partial charge in [-0.05, 0) is 6.07 Å². The molecule has 0 amide bonds. The molecule has 0 atom stereocenters. The largest absolute Gasteiger partial charge is 0.462 e. The molecule has 0 aliphatic heterocycles. The summed E-state index contributed by atoms with van der Waals surface area (Å²) >= 11 is 0. The summed E-state index contributed by atoms with van der Waals surface area (Å²) in [6.07, 6.45) is -0.109. The zero-order valence-electron chi connectivity index (χ0n) is 13.5. The van der Waals surface area contributed by atoms with Crippen LogP contribution in [0.15, 0.2) is 54.6 Å². The Bertz CT molecular complexity index is 739. The van der Waals surface area contributed by atoms with E-state index in [1.165, 1.54) is 6.07 Å². The molecule has 0 saturated carbocycles. The van der Waals surface area contributed by atoms with Gasteiger partial charge in [-0.2, -0.15) is 0 Å². The molecule has 0 aliphatic rings. The maximum Gasteiger partial charge on any atom is 0.339 e. The molecule has 2 aromatic carbocycles. The number of esters is 2. The smallest absolute Gasteiger partial charge is 0.339 e. The minimum absolute atomic E-state index is 0.109. The second-order valence-electron chi connectivity index (χ2n) is 5.07. The van der Waals surface area contributed by atoms with Crippen molar-refractivity contribution in [3.05, 3.63) is 71.3 Å². The quantitative estimate of drug-likeness (QED) is 0.448. The van der Waals surface area contributed by atoms with Crippen LogP contribution >= 0.6 is 0 Å². The molecule has 0 radical (unpaired) electrons. The molecule has 6 nitrogen and oxygen atoms in total. The van der Waals surface area contributed by atoms with Crippen LogP contribution in [0.3, 0.4) is 0 Å². The fourth-order valence-electron chi connectivity index (χ4n) is 2.14. The van der Waals surface area contributed by atoms with Crippen molar-refractivity contribution in [1.29, 1.82) is 0 Å². The number of ether oxygens (including phenoxy) is 2. The maximum atomic E-state index is 12.6. The SMILES string of the molecule is O=C(CCO)OCCOC(=O)c1ccccc1C(=O)c1ccccc1. The molecule has 0 spiro atoms. The number of carbonyl (C=O) groups is 3. The van der Waals surface area contributed by atoms with E-state index in [0.29, 0.717) is 5.56 Å². The van der Waals surface area contributed by atoms with Gasteiger partial charge in [0.2, 0.25) is 0 Å². The monoisotopic (exact) mass is 342 g/mol. The topological polar surface area (TPSA) is 89.9 Å². The average Bonchev–Trinajstić information content (AvgIpc) is 2.65. The van der Waals surface area contributed by atoms with Crippen molar-refractivity contribution in [2.75, 3.05) is 19.8 Å². The highest BCUT2D eigenvalue weighted by atomic mass is 16.6. The van der Waals surface area contributed by atoms with Crippen LogP contribution in [0.5, 0.6) is 0 Å². The molecule has 130 valence electrons. The first-order valence-electron chi connectivity index (χ1n) is 7.76. The lowest BCUT2D eigenvalue weighted by Gasteiger charge is -2.09. The van der Waals surface area contributed by atoms with Crippen molar-refractivity contribution in [2.45, 2.75) is 6.42 Å². The molecular formula is C19H18O6. The van der Waals surface area contributed by atoms with Gasteiger partial charge in [0.1, 0.15) is 13.2 Å². The van der Waals surface area contributed by atoms with Crippen molar-refractivity contribution in [3.63, 3.8) is 0 Å². The van der Waals surface area contributed by atoms with Gasteiger partial charge >= 0.3 is 11.9 Å². The minimum atomic E-state index is -0.668. The van der Waals surface area contributed by atoms with Crippen LogP contribution < -0.4 is 0 Å². The minimum Gasteiger partial charge on any atom is -0.462 e. The van der Waals surface area contributed by atoms with E-state index in [1.54, 1.807) is 48.5 Å². The lowest BCUT2D eigenvalue weighted by Crippen LogP contribution is -2.17. The third-order valence-corrected chi connectivity index (χ3v) is 3.32. The van der Waals surface area contributed by atoms with E-state index in [0.717, 1.165) is 0 Å². The highest BCUT2D eigenvalue weighted by Crippen LogP contribution is 2.15. The Morgan fingerprint density at radius 2 is 1.40 bits per heavy atom. The van der Waals surface area contributed by atoms with Crippen LogP contribution in [-0.4, -0.2) is 42.6 Å². The first-order valence-corrected chi connectivity index (χ1v) is 7.76. The van der Waals surface area contributed by atoms with E-state index >= 15 is 0 Å². The van der Waals surface area contributed by atoms with Crippen LogP contribution in [0.25, 0.3) is 0 Å². The van der Waals surface area contributed by atoms with Crippen LogP contribution in [0.2, 0.25) is 0 Å². The summed E-state index contributed by atoms with van der Waals surface area (Å²) in [6.45, 7) is -0.545. The van der Waals surface area contributed by atoms with Crippen molar-refractivity contribution in [2.24, 2.45) is 0 Å². The van der Waals surface area contributed by atoms with Gasteiger partial charge in [-0.15, -0.1) is 0 Å². The second-order valence-corrected chi connectivity index (χ2v) is 5.07. The van der Waals surface area contributed by atoms with Crippen LogP contribution in [-0.2, 0) is 14.3 Å². The van der Waals surface area contributed by atoms with E-state index in [-0.39, 0.29) is 43.2 Å². The summed E-state index contributed by atoms with van der Waals surface area (Å²) in [5.74, 6) is -1.51. The lowest BCUT2D eigenvalue weighted by molar-refractivity contribution is -0.145. The molecule has 0 bridgehead atoms. The van der Waals surface area contributed by atoms with Gasteiger partial charge < -0.3 is 14.6 Å². The Kier molecular flexibility index (Phi) is 6.86. The molecular weight excluding hydrogens is 324 g/mol. The summed E-state index contributed by atoms with van der Waals surface area (Å²) in [6, 6.07) is 15.0. The molecule has 0 saturated heterocycles. The number of benzene rings is 2. The zero-order valence-corrected chi connectivity index (χ0v) is 13.5. The molecule has 0 aliphatic carbocycles. The zero-order chi connectivity index (χ0) is 18.1. The number of hydrogen-bond donors (Lipinski definition) is 1. The van der Waals surface area contributed by atoms with E-state index in [9.17, 15) is 14.4 Å². The van der Waals surface area contributed by atoms with Crippen LogP contribution in [0.1, 0.15) is 32.7 Å². The molecule has 1 N–H and O–H groups in total. The fourth-order valence-corrected chi connectivity index (χ4v) is 2.14. The molecule has 2 aromatic rings. The highest BCUT2D eigenvalue weighted by molar-refractivity contribution is 6.14. The highest BCUT2D eigenvalue weighted by Gasteiger charge is 2.18. The molecule has 0 heterocycles. The third-order valence-electron chi connectivity index (χ3n) is 3.32. The number of ketones is 1. The van der Waals surface area contributed by atoms with Gasteiger partial charge in [0.25, 0.3) is 0 Å². The van der Waals surface area contributed by atoms with Gasteiger partial charge in [0.05, 0.1) is 18.6 Å². The van der Waals surface area contributed by atoms with Gasteiger partial charge in [0.15, 0.2) is 5.78 Å². The van der Waals surface area contributed by atoms with E-state index in [1.807, 2.05) is 0 Å². The Hall–Kier alpha value is -2.99. The first kappa shape index (κ1) is 18.4. The lowest BCUT2D eigenvalue weighted by atomic mass is 9.98. The van der Waals surface area contributed by atoms with Crippen molar-refractivity contribution >= 4 is 17.7 Å². The van der Waals surface area contributed by atoms with E-state index in [4.69, 9.17) is 14.6 Å². The van der Waals surface area contributed by atoms with Gasteiger partial charge in [-0.1, -0.05) is 48.5 Å². The fraction of sp³-hybridized carbons (Fsp3) is 0.211. The van der Waals surface area contributed by atoms with Gasteiger partial charge in [-0.25, -0.2) is 4.79 Å². The van der Waals surface area contributed by atoms with Crippen LogP contribution in [0.4, 0.5) is 0 Å². The number of aliphatic hydroxyl groups is 1. The first-order chi connectivity index (χ1) is 12.1. The summed E-state index contributed by atoms with van der Waals surface area (Å²) in [5, 5.41) is 8.59. The molecule has 0 unspecified atom stereocenters. The Morgan fingerprint density at radius 3 is 2.08 bits per heavy atom. The Morgan fingerprint density at radius 1 is 0.800 bits per heavy atom. The molecule has 0 aromatic heterocycles. The average molecular weight is 342 g/mol. The van der Waals surface area contributed by atoms with Gasteiger partial charge in [0, 0.05) is 11.1 Å². The molecule has 0 fully saturated rings. The van der Waals surface area contributed by atoms with Crippen molar-refractivity contribution in [3.8, 4) is 0 Å². The second kappa shape index (κ2) is 9.34. The number of carbonyl (C=O) groups excluding carboxylic acids is 3. The summed E-state index contributed by atoms with van der Waals surface area (Å²) < 4.78 is 9.83. The number of aliphatic hydroxyl groups excluding tert-OH is 1. The summed E-state index contributed by atoms with van der Waals surface area (Å²) in [4.78, 5) is 35.9.